The van der Waals surface area contributed by atoms with E-state index in [0.29, 0.717) is 5.56 Å². The number of carbonyl (C=O) groups excluding carboxylic acids is 2. The fourth-order valence-electron chi connectivity index (χ4n) is 6.80. The first kappa shape index (κ1) is 41.7. The second-order valence-corrected chi connectivity index (χ2v) is 16.7. The molecule has 0 aliphatic heterocycles. The number of ether oxygens (including phenoxy) is 2. The van der Waals surface area contributed by atoms with Gasteiger partial charge in [-0.3, -0.25) is 13.9 Å². The van der Waals surface area contributed by atoms with E-state index >= 15 is 0 Å². The van der Waals surface area contributed by atoms with Gasteiger partial charge < -0.3 is 9.47 Å². The summed E-state index contributed by atoms with van der Waals surface area (Å²) in [6, 6.07) is 4.89. The quantitative estimate of drug-likeness (QED) is 0.165. The predicted molar refractivity (Wildman–Crippen MR) is 150 cm³/mol. The van der Waals surface area contributed by atoms with Crippen molar-refractivity contribution in [1.29, 1.82) is 0 Å². The molecule has 5 rings (SSSR count). The van der Waals surface area contributed by atoms with Crippen LogP contribution in [0.5, 0.6) is 0 Å². The molecule has 0 radical (unpaired) electrons. The number of halogens is 10. The van der Waals surface area contributed by atoms with Crippen LogP contribution in [0, 0.1) is 23.2 Å². The first-order chi connectivity index (χ1) is 22.2. The maximum Gasteiger partial charge on any atom is 0.432 e. The average Bonchev–Trinajstić information content (AvgIpc) is 2.91. The summed E-state index contributed by atoms with van der Waals surface area (Å²) in [5, 5.41) is -11.4. The van der Waals surface area contributed by atoms with Gasteiger partial charge in [-0.25, -0.2) is 4.79 Å². The lowest BCUT2D eigenvalue weighted by Gasteiger charge is -2.55. The van der Waals surface area contributed by atoms with E-state index in [2.05, 4.69) is 9.47 Å². The van der Waals surface area contributed by atoms with Gasteiger partial charge in [0, 0.05) is 0 Å². The molecule has 4 fully saturated rings. The van der Waals surface area contributed by atoms with Gasteiger partial charge in [-0.05, 0) is 79.4 Å². The minimum atomic E-state index is -6.47. The highest BCUT2D eigenvalue weighted by Gasteiger charge is 2.68. The summed E-state index contributed by atoms with van der Waals surface area (Å²) in [5.74, 6) is -2.83. The summed E-state index contributed by atoms with van der Waals surface area (Å²) in [6.45, 7) is 5.48. The van der Waals surface area contributed by atoms with Crippen molar-refractivity contribution in [1.82, 2.24) is 0 Å². The lowest BCUT2D eigenvalue weighted by molar-refractivity contribution is -0.266. The van der Waals surface area contributed by atoms with Crippen molar-refractivity contribution in [2.75, 3.05) is 0 Å². The molecule has 4 aliphatic carbocycles. The Balaban J connectivity index is 0.000000270. The van der Waals surface area contributed by atoms with Gasteiger partial charge in [0.15, 0.2) is 0 Å². The van der Waals surface area contributed by atoms with Crippen LogP contribution in [0.3, 0.4) is 0 Å². The van der Waals surface area contributed by atoms with Gasteiger partial charge in [-0.15, -0.1) is 0 Å². The van der Waals surface area contributed by atoms with E-state index < -0.39 is 78.2 Å². The van der Waals surface area contributed by atoms with E-state index in [1.807, 2.05) is 20.8 Å². The van der Waals surface area contributed by atoms with Crippen LogP contribution in [-0.2, 0) is 39.9 Å². The van der Waals surface area contributed by atoms with E-state index in [0.717, 1.165) is 31.4 Å². The van der Waals surface area contributed by atoms with Gasteiger partial charge in [-0.2, -0.15) is 60.7 Å². The van der Waals surface area contributed by atoms with Crippen LogP contribution in [0.15, 0.2) is 24.3 Å². The third-order valence-electron chi connectivity index (χ3n) is 8.80. The third-order valence-corrected chi connectivity index (χ3v) is 10.6. The van der Waals surface area contributed by atoms with Crippen LogP contribution < -0.4 is 0 Å². The Hall–Kier alpha value is -2.72. The fourth-order valence-corrected chi connectivity index (χ4v) is 7.70. The van der Waals surface area contributed by atoms with Crippen LogP contribution in [0.25, 0.3) is 0 Å². The summed E-state index contributed by atoms with van der Waals surface area (Å²) >= 11 is 0. The van der Waals surface area contributed by atoms with Crippen molar-refractivity contribution < 1.29 is 88.9 Å². The van der Waals surface area contributed by atoms with Gasteiger partial charge in [0.2, 0.25) is 0 Å². The van der Waals surface area contributed by atoms with Gasteiger partial charge >= 0.3 is 55.0 Å². The van der Waals surface area contributed by atoms with Gasteiger partial charge in [0.05, 0.1) is 11.0 Å². The largest absolute Gasteiger partial charge is 0.444 e. The number of rotatable bonds is 8. The van der Waals surface area contributed by atoms with Gasteiger partial charge in [-0.1, -0.05) is 32.9 Å². The van der Waals surface area contributed by atoms with Crippen molar-refractivity contribution in [2.24, 2.45) is 23.2 Å². The molecule has 2 N–H and O–H groups in total. The standard InChI is InChI=1S/C14H17F5O5S.C14H15F5O5S/c15-13(16,17)10(14(18,19)25(21,22)23)24-11(20)12-4-7-1-8(5-12)3-9(2-7)6-12;1-12(2,3)9-6-4-8(5-7-9)10(20)24-11(13(15,16)17)14(18,19)25(21,22)23/h7-10H,1-6H2,(H,21,22,23);4-7,11H,1-3H3,(H,21,22,23). The van der Waals surface area contributed by atoms with Crippen LogP contribution in [0.2, 0.25) is 0 Å². The van der Waals surface area contributed by atoms with Gasteiger partial charge in [0.25, 0.3) is 12.2 Å². The lowest BCUT2D eigenvalue weighted by Crippen LogP contribution is -2.56. The maximum atomic E-state index is 13.6. The fraction of sp³-hybridized carbons (Fsp3) is 0.714. The highest BCUT2D eigenvalue weighted by molar-refractivity contribution is 7.87. The Morgan fingerprint density at radius 3 is 1.32 bits per heavy atom. The summed E-state index contributed by atoms with van der Waals surface area (Å²) in [6.07, 6.45) is -17.0. The summed E-state index contributed by atoms with van der Waals surface area (Å²) in [7, 11) is -12.9. The van der Waals surface area contributed by atoms with Crippen molar-refractivity contribution in [3.8, 4) is 0 Å². The molecule has 2 atom stereocenters. The maximum absolute atomic E-state index is 13.6. The molecule has 4 saturated carbocycles. The molecule has 2 unspecified atom stereocenters. The number of carbonyl (C=O) groups is 2. The molecule has 0 heterocycles. The number of hydrogen-bond acceptors (Lipinski definition) is 8. The van der Waals surface area contributed by atoms with Crippen molar-refractivity contribution in [3.05, 3.63) is 35.4 Å². The smallest absolute Gasteiger partial charge is 0.432 e. The van der Waals surface area contributed by atoms with Crippen LogP contribution in [0.4, 0.5) is 43.9 Å². The zero-order valence-electron chi connectivity index (χ0n) is 26.2. The first-order valence-corrected chi connectivity index (χ1v) is 17.5. The predicted octanol–water partition coefficient (Wildman–Crippen LogP) is 6.71. The Labute approximate surface area is 279 Å². The molecule has 0 aromatic heterocycles. The summed E-state index contributed by atoms with van der Waals surface area (Å²) in [5.41, 5.74) is -1.39. The highest BCUT2D eigenvalue weighted by Crippen LogP contribution is 2.61. The van der Waals surface area contributed by atoms with Crippen LogP contribution >= 0.6 is 0 Å². The molecule has 22 heteroatoms. The Bertz CT molecular complexity index is 1610. The van der Waals surface area contributed by atoms with Crippen molar-refractivity contribution >= 4 is 32.2 Å². The second kappa shape index (κ2) is 13.4. The van der Waals surface area contributed by atoms with E-state index in [1.165, 1.54) is 12.1 Å². The summed E-state index contributed by atoms with van der Waals surface area (Å²) in [4.78, 5) is 24.1. The second-order valence-electron chi connectivity index (χ2n) is 13.8. The number of hydrogen-bond donors (Lipinski definition) is 2. The molecule has 10 nitrogen and oxygen atoms in total. The topological polar surface area (TPSA) is 161 Å². The van der Waals surface area contributed by atoms with E-state index in [9.17, 15) is 70.3 Å². The third kappa shape index (κ3) is 8.83. The monoisotopic (exact) mass is 782 g/mol. The lowest BCUT2D eigenvalue weighted by atomic mass is 9.49. The molecule has 1 aromatic carbocycles. The van der Waals surface area contributed by atoms with Crippen LogP contribution in [0.1, 0.15) is 75.2 Å². The Morgan fingerprint density at radius 1 is 0.680 bits per heavy atom. The highest BCUT2D eigenvalue weighted by atomic mass is 32.2. The van der Waals surface area contributed by atoms with Gasteiger partial charge in [0.1, 0.15) is 0 Å². The van der Waals surface area contributed by atoms with Crippen LogP contribution in [-0.4, -0.2) is 72.9 Å². The molecule has 50 heavy (non-hydrogen) atoms. The van der Waals surface area contributed by atoms with E-state index in [4.69, 9.17) is 9.11 Å². The minimum absolute atomic E-state index is 0.144. The molecule has 4 aliphatic rings. The van der Waals surface area contributed by atoms with Crippen molar-refractivity contribution in [3.63, 3.8) is 0 Å². The molecular weight excluding hydrogens is 750 g/mol. The molecule has 1 aromatic rings. The average molecular weight is 783 g/mol. The zero-order valence-corrected chi connectivity index (χ0v) is 27.8. The zero-order chi connectivity index (χ0) is 38.7. The van der Waals surface area contributed by atoms with E-state index in [1.54, 1.807) is 0 Å². The van der Waals surface area contributed by atoms with Crippen molar-refractivity contribution in [2.45, 2.75) is 99.8 Å². The number of esters is 2. The molecule has 0 spiro atoms. The molecule has 0 saturated heterocycles. The summed E-state index contributed by atoms with van der Waals surface area (Å²) < 4.78 is 198. The molecule has 286 valence electrons. The molecule has 0 amide bonds. The minimum Gasteiger partial charge on any atom is -0.444 e. The SMILES string of the molecule is CC(C)(C)c1ccc(C(=O)OC(C(F)(F)F)C(F)(F)S(=O)(=O)O)cc1.O=C(OC(C(F)(F)F)C(F)(F)S(=O)(=O)O)C12CC3CC(CC(C3)C1)C2. The Kier molecular flexibility index (Phi) is 11.1. The number of alkyl halides is 10. The number of benzene rings is 1. The molecular formula is C28H32F10O10S2. The van der Waals surface area contributed by atoms with E-state index in [-0.39, 0.29) is 42.4 Å². The normalized spacial score (nSPS) is 25.6. The Morgan fingerprint density at radius 2 is 1.02 bits per heavy atom. The molecule has 4 bridgehead atoms. The first-order valence-electron chi connectivity index (χ1n) is 14.6.